The van der Waals surface area contributed by atoms with Gasteiger partial charge in [0, 0.05) is 12.0 Å². The van der Waals surface area contributed by atoms with Gasteiger partial charge in [0.05, 0.1) is 6.21 Å². The molecule has 27 heavy (non-hydrogen) atoms. The summed E-state index contributed by atoms with van der Waals surface area (Å²) < 4.78 is 5.62. The van der Waals surface area contributed by atoms with E-state index in [1.54, 1.807) is 6.21 Å². The molecule has 3 aromatic carbocycles. The van der Waals surface area contributed by atoms with Crippen molar-refractivity contribution in [1.29, 1.82) is 0 Å². The molecule has 0 aliphatic rings. The van der Waals surface area contributed by atoms with Gasteiger partial charge in [-0.3, -0.25) is 4.79 Å². The van der Waals surface area contributed by atoms with Gasteiger partial charge in [0.15, 0.2) is 0 Å². The lowest BCUT2D eigenvalue weighted by Gasteiger charge is -2.09. The number of carbonyl (C=O) groups is 1. The van der Waals surface area contributed by atoms with Crippen LogP contribution >= 0.6 is 0 Å². The van der Waals surface area contributed by atoms with Gasteiger partial charge in [0.25, 0.3) is 0 Å². The molecule has 0 heterocycles. The smallest absolute Gasteiger partial charge is 0.240 e. The van der Waals surface area contributed by atoms with Crippen LogP contribution in [0.15, 0.2) is 71.8 Å². The second-order valence-electron chi connectivity index (χ2n) is 5.97. The Kier molecular flexibility index (Phi) is 6.21. The number of nitrogens with one attached hydrogen (secondary N) is 1. The van der Waals surface area contributed by atoms with Crippen LogP contribution in [-0.2, 0) is 11.2 Å². The summed E-state index contributed by atoms with van der Waals surface area (Å²) in [6, 6.07) is 21.6. The standard InChI is InChI=1S/C23H20N2O2/c1-2-16-27-22-14-13-19-10-6-7-11-20(19)21(22)17-24-25-23(26)15-12-18-8-4-3-5-9-18/h1,3-11,13-14,17H,12,15-16H2,(H,25,26)/b24-17-. The molecule has 0 atom stereocenters. The van der Waals surface area contributed by atoms with Gasteiger partial charge in [-0.1, -0.05) is 66.6 Å². The number of hydrogen-bond donors (Lipinski definition) is 1. The average molecular weight is 356 g/mol. The van der Waals surface area contributed by atoms with Crippen LogP contribution in [0.2, 0.25) is 0 Å². The third kappa shape index (κ3) is 4.96. The maximum Gasteiger partial charge on any atom is 0.240 e. The molecule has 0 spiro atoms. The number of rotatable bonds is 7. The third-order valence-electron chi connectivity index (χ3n) is 4.11. The normalized spacial score (nSPS) is 10.6. The van der Waals surface area contributed by atoms with Gasteiger partial charge in [0.2, 0.25) is 5.91 Å². The summed E-state index contributed by atoms with van der Waals surface area (Å²) in [5, 5.41) is 6.16. The highest BCUT2D eigenvalue weighted by molar-refractivity contribution is 6.02. The Morgan fingerprint density at radius 2 is 1.85 bits per heavy atom. The third-order valence-corrected chi connectivity index (χ3v) is 4.11. The molecule has 0 saturated heterocycles. The minimum Gasteiger partial charge on any atom is -0.480 e. The first kappa shape index (κ1) is 18.2. The van der Waals surface area contributed by atoms with Crippen molar-refractivity contribution in [1.82, 2.24) is 5.43 Å². The number of ether oxygens (including phenoxy) is 1. The molecule has 0 aliphatic carbocycles. The van der Waals surface area contributed by atoms with Crippen LogP contribution in [0.1, 0.15) is 17.5 Å². The number of aryl methyl sites for hydroxylation is 1. The first-order chi connectivity index (χ1) is 13.3. The molecular weight excluding hydrogens is 336 g/mol. The van der Waals surface area contributed by atoms with E-state index in [0.29, 0.717) is 18.6 Å². The molecular formula is C23H20N2O2. The summed E-state index contributed by atoms with van der Waals surface area (Å²) in [6.45, 7) is 0.169. The van der Waals surface area contributed by atoms with E-state index in [4.69, 9.17) is 11.2 Å². The van der Waals surface area contributed by atoms with E-state index >= 15 is 0 Å². The van der Waals surface area contributed by atoms with Gasteiger partial charge in [-0.15, -0.1) is 6.42 Å². The molecule has 0 bridgehead atoms. The fourth-order valence-electron chi connectivity index (χ4n) is 2.78. The van der Waals surface area contributed by atoms with Crippen LogP contribution in [-0.4, -0.2) is 18.7 Å². The summed E-state index contributed by atoms with van der Waals surface area (Å²) in [5.41, 5.74) is 4.49. The number of amides is 1. The van der Waals surface area contributed by atoms with Crippen molar-refractivity contribution >= 4 is 22.9 Å². The van der Waals surface area contributed by atoms with Crippen molar-refractivity contribution in [2.24, 2.45) is 5.10 Å². The molecule has 0 saturated carbocycles. The van der Waals surface area contributed by atoms with E-state index in [1.165, 1.54) is 0 Å². The summed E-state index contributed by atoms with van der Waals surface area (Å²) in [4.78, 5) is 12.0. The minimum absolute atomic E-state index is 0.138. The number of nitrogens with zero attached hydrogens (tertiary/aromatic N) is 1. The maximum atomic E-state index is 12.0. The van der Waals surface area contributed by atoms with Gasteiger partial charge in [-0.05, 0) is 28.8 Å². The van der Waals surface area contributed by atoms with Crippen molar-refractivity contribution in [2.75, 3.05) is 6.61 Å². The van der Waals surface area contributed by atoms with E-state index in [2.05, 4.69) is 16.4 Å². The molecule has 1 N–H and O–H groups in total. The molecule has 0 aliphatic heterocycles. The highest BCUT2D eigenvalue weighted by Gasteiger charge is 2.07. The lowest BCUT2D eigenvalue weighted by molar-refractivity contribution is -0.121. The Labute approximate surface area is 158 Å². The van der Waals surface area contributed by atoms with Crippen LogP contribution < -0.4 is 10.2 Å². The summed E-state index contributed by atoms with van der Waals surface area (Å²) in [6.07, 6.45) is 7.95. The van der Waals surface area contributed by atoms with Crippen molar-refractivity contribution in [2.45, 2.75) is 12.8 Å². The highest BCUT2D eigenvalue weighted by atomic mass is 16.5. The zero-order valence-electron chi connectivity index (χ0n) is 14.9. The fraction of sp³-hybridized carbons (Fsp3) is 0.130. The lowest BCUT2D eigenvalue weighted by Crippen LogP contribution is -2.18. The van der Waals surface area contributed by atoms with Crippen molar-refractivity contribution < 1.29 is 9.53 Å². The number of benzene rings is 3. The predicted molar refractivity (Wildman–Crippen MR) is 109 cm³/mol. The molecule has 0 fully saturated rings. The topological polar surface area (TPSA) is 50.7 Å². The van der Waals surface area contributed by atoms with Gasteiger partial charge in [0.1, 0.15) is 12.4 Å². The zero-order valence-corrected chi connectivity index (χ0v) is 14.9. The van der Waals surface area contributed by atoms with Crippen LogP contribution in [0.3, 0.4) is 0 Å². The molecule has 3 rings (SSSR count). The van der Waals surface area contributed by atoms with E-state index in [9.17, 15) is 4.79 Å². The van der Waals surface area contributed by atoms with Crippen LogP contribution in [0.25, 0.3) is 10.8 Å². The summed E-state index contributed by atoms with van der Waals surface area (Å²) >= 11 is 0. The van der Waals surface area contributed by atoms with Gasteiger partial charge in [-0.25, -0.2) is 5.43 Å². The molecule has 0 radical (unpaired) electrons. The lowest BCUT2D eigenvalue weighted by atomic mass is 10.0. The van der Waals surface area contributed by atoms with E-state index in [0.717, 1.165) is 21.9 Å². The Morgan fingerprint density at radius 1 is 1.07 bits per heavy atom. The van der Waals surface area contributed by atoms with Gasteiger partial charge in [-0.2, -0.15) is 5.10 Å². The average Bonchev–Trinajstić information content (AvgIpc) is 2.72. The second-order valence-corrected chi connectivity index (χ2v) is 5.97. The quantitative estimate of drug-likeness (QED) is 0.396. The molecule has 4 nitrogen and oxygen atoms in total. The Balaban J connectivity index is 1.70. The van der Waals surface area contributed by atoms with Crippen molar-refractivity contribution in [3.8, 4) is 18.1 Å². The van der Waals surface area contributed by atoms with Crippen molar-refractivity contribution in [3.05, 3.63) is 77.9 Å². The number of hydrazone groups is 1. The number of hydrogen-bond acceptors (Lipinski definition) is 3. The molecule has 4 heteroatoms. The minimum atomic E-state index is -0.138. The second kappa shape index (κ2) is 9.21. The number of fused-ring (bicyclic) bond motifs is 1. The van der Waals surface area contributed by atoms with Crippen LogP contribution in [0, 0.1) is 12.3 Å². The number of terminal acetylenes is 1. The van der Waals surface area contributed by atoms with E-state index in [-0.39, 0.29) is 12.5 Å². The predicted octanol–water partition coefficient (Wildman–Crippen LogP) is 3.93. The molecule has 0 unspecified atom stereocenters. The van der Waals surface area contributed by atoms with Crippen LogP contribution in [0.5, 0.6) is 5.75 Å². The molecule has 3 aromatic rings. The Bertz CT molecular complexity index is 988. The summed E-state index contributed by atoms with van der Waals surface area (Å²) in [5.74, 6) is 2.96. The monoisotopic (exact) mass is 356 g/mol. The molecule has 134 valence electrons. The maximum absolute atomic E-state index is 12.0. The summed E-state index contributed by atoms with van der Waals surface area (Å²) in [7, 11) is 0. The fourth-order valence-corrected chi connectivity index (χ4v) is 2.78. The Morgan fingerprint density at radius 3 is 2.67 bits per heavy atom. The van der Waals surface area contributed by atoms with Crippen molar-refractivity contribution in [3.63, 3.8) is 0 Å². The van der Waals surface area contributed by atoms with E-state index in [1.807, 2.05) is 66.7 Å². The van der Waals surface area contributed by atoms with Gasteiger partial charge < -0.3 is 4.74 Å². The van der Waals surface area contributed by atoms with Crippen LogP contribution in [0.4, 0.5) is 0 Å². The first-order valence-electron chi connectivity index (χ1n) is 8.72. The Hall–Kier alpha value is -3.58. The zero-order chi connectivity index (χ0) is 18.9. The SMILES string of the molecule is C#CCOc1ccc2ccccc2c1/C=N\NC(=O)CCc1ccccc1. The number of carbonyl (C=O) groups excluding carboxylic acids is 1. The van der Waals surface area contributed by atoms with E-state index < -0.39 is 0 Å². The van der Waals surface area contributed by atoms with Gasteiger partial charge >= 0.3 is 0 Å². The molecule has 0 aromatic heterocycles. The molecule has 1 amide bonds. The highest BCUT2D eigenvalue weighted by Crippen LogP contribution is 2.26. The first-order valence-corrected chi connectivity index (χ1v) is 8.72. The largest absolute Gasteiger partial charge is 0.480 e.